The number of methoxy groups -OCH3 is 1. The van der Waals surface area contributed by atoms with E-state index in [1.54, 1.807) is 6.08 Å². The molecule has 0 aromatic heterocycles. The fourth-order valence-electron chi connectivity index (χ4n) is 2.28. The van der Waals surface area contributed by atoms with Crippen LogP contribution < -0.4 is 4.74 Å². The van der Waals surface area contributed by atoms with Crippen LogP contribution in [0.2, 0.25) is 0 Å². The van der Waals surface area contributed by atoms with Gasteiger partial charge < -0.3 is 9.47 Å². The van der Waals surface area contributed by atoms with Crippen LogP contribution in [0, 0.1) is 5.82 Å². The van der Waals surface area contributed by atoms with Gasteiger partial charge in [0.25, 0.3) is 0 Å². The number of carbonyl (C=O) groups excluding carboxylic acids is 1. The highest BCUT2D eigenvalue weighted by molar-refractivity contribution is 5.83. The summed E-state index contributed by atoms with van der Waals surface area (Å²) >= 11 is 0. The van der Waals surface area contributed by atoms with Gasteiger partial charge in [0, 0.05) is 29.7 Å². The van der Waals surface area contributed by atoms with Crippen molar-refractivity contribution in [2.75, 3.05) is 7.11 Å². The molecule has 0 atom stereocenters. The average molecular weight is 332 g/mol. The first-order valence-corrected chi connectivity index (χ1v) is 7.50. The maximum Gasteiger partial charge on any atom is 0.335 e. The molecule has 1 aliphatic rings. The summed E-state index contributed by atoms with van der Waals surface area (Å²) in [6, 6.07) is 3.84. The molecule has 1 aromatic rings. The van der Waals surface area contributed by atoms with Crippen LogP contribution in [-0.2, 0) is 9.53 Å². The first-order chi connectivity index (χ1) is 11.5. The fraction of sp³-hybridized carbons (Fsp3) is 0.211. The van der Waals surface area contributed by atoms with E-state index in [1.165, 1.54) is 25.3 Å². The standard InChI is InChI=1S/C19H18F2O3/c1-3-19(22)24-14-9-11-16(18(21)12-14)15-10-8-13(23-2)6-4-5-7-17(15)20/h3,6,8-12H,1,4-5,7H2,2H3/b10-8?,13-6-,17-15?. The van der Waals surface area contributed by atoms with Gasteiger partial charge in [-0.25, -0.2) is 13.6 Å². The second-order valence-electron chi connectivity index (χ2n) is 5.12. The van der Waals surface area contributed by atoms with Gasteiger partial charge >= 0.3 is 5.97 Å². The van der Waals surface area contributed by atoms with Crippen molar-refractivity contribution in [2.45, 2.75) is 19.3 Å². The van der Waals surface area contributed by atoms with E-state index < -0.39 is 17.6 Å². The summed E-state index contributed by atoms with van der Waals surface area (Å²) in [5.74, 6) is -1.14. The molecular weight excluding hydrogens is 314 g/mol. The molecule has 5 heteroatoms. The van der Waals surface area contributed by atoms with E-state index in [0.29, 0.717) is 18.6 Å². The summed E-state index contributed by atoms with van der Waals surface area (Å²) in [7, 11) is 1.52. The van der Waals surface area contributed by atoms with Gasteiger partial charge in [-0.2, -0.15) is 0 Å². The highest BCUT2D eigenvalue weighted by Gasteiger charge is 2.14. The molecule has 3 nitrogen and oxygen atoms in total. The molecule has 1 aliphatic carbocycles. The van der Waals surface area contributed by atoms with Crippen molar-refractivity contribution < 1.29 is 23.0 Å². The van der Waals surface area contributed by atoms with E-state index in [-0.39, 0.29) is 23.3 Å². The first-order valence-electron chi connectivity index (χ1n) is 7.50. The monoisotopic (exact) mass is 332 g/mol. The van der Waals surface area contributed by atoms with Crippen molar-refractivity contribution in [3.8, 4) is 5.75 Å². The zero-order chi connectivity index (χ0) is 17.5. The molecule has 0 radical (unpaired) electrons. The van der Waals surface area contributed by atoms with Crippen molar-refractivity contribution in [2.24, 2.45) is 0 Å². The Morgan fingerprint density at radius 1 is 1.29 bits per heavy atom. The minimum Gasteiger partial charge on any atom is -0.497 e. The minimum atomic E-state index is -0.690. The van der Waals surface area contributed by atoms with E-state index >= 15 is 0 Å². The van der Waals surface area contributed by atoms with Crippen molar-refractivity contribution in [1.82, 2.24) is 0 Å². The molecule has 0 unspecified atom stereocenters. The molecule has 0 bridgehead atoms. The van der Waals surface area contributed by atoms with Crippen LogP contribution in [0.1, 0.15) is 24.8 Å². The molecular formula is C19H18F2O3. The summed E-state index contributed by atoms with van der Waals surface area (Å²) in [6.45, 7) is 3.27. The molecule has 0 saturated carbocycles. The summed E-state index contributed by atoms with van der Waals surface area (Å²) in [5.41, 5.74) is 0.249. The van der Waals surface area contributed by atoms with Gasteiger partial charge in [0.05, 0.1) is 7.11 Å². The van der Waals surface area contributed by atoms with E-state index in [9.17, 15) is 13.6 Å². The Morgan fingerprint density at radius 2 is 2.08 bits per heavy atom. The van der Waals surface area contributed by atoms with Gasteiger partial charge in [-0.15, -0.1) is 0 Å². The number of allylic oxidation sites excluding steroid dienone is 5. The normalized spacial score (nSPS) is 17.2. The van der Waals surface area contributed by atoms with Crippen molar-refractivity contribution in [3.63, 3.8) is 0 Å². The smallest absolute Gasteiger partial charge is 0.335 e. The molecule has 1 aromatic carbocycles. The Morgan fingerprint density at radius 3 is 2.75 bits per heavy atom. The van der Waals surface area contributed by atoms with Gasteiger partial charge in [0.2, 0.25) is 0 Å². The van der Waals surface area contributed by atoms with E-state index in [0.717, 1.165) is 12.1 Å². The Bertz CT molecular complexity index is 730. The number of halogens is 2. The second kappa shape index (κ2) is 8.24. The SMILES string of the molecule is C=CC(=O)Oc1ccc(C2=C(F)CCC/C=C(\OC)C=C2)c(F)c1. The van der Waals surface area contributed by atoms with Crippen LogP contribution in [0.3, 0.4) is 0 Å². The fourth-order valence-corrected chi connectivity index (χ4v) is 2.28. The molecule has 126 valence electrons. The molecule has 0 amide bonds. The molecule has 0 N–H and O–H groups in total. The summed E-state index contributed by atoms with van der Waals surface area (Å²) in [6.07, 6.45) is 7.41. The van der Waals surface area contributed by atoms with Gasteiger partial charge in [0.1, 0.15) is 23.2 Å². The topological polar surface area (TPSA) is 35.5 Å². The van der Waals surface area contributed by atoms with Crippen LogP contribution in [0.25, 0.3) is 5.57 Å². The Balaban J connectivity index is 2.38. The third-order valence-electron chi connectivity index (χ3n) is 3.50. The maximum absolute atomic E-state index is 14.4. The van der Waals surface area contributed by atoms with Gasteiger partial charge in [-0.3, -0.25) is 0 Å². The van der Waals surface area contributed by atoms with Crippen molar-refractivity contribution in [3.05, 3.63) is 72.0 Å². The molecule has 0 saturated heterocycles. The zero-order valence-corrected chi connectivity index (χ0v) is 13.4. The summed E-state index contributed by atoms with van der Waals surface area (Å²) in [5, 5.41) is 0. The van der Waals surface area contributed by atoms with Crippen molar-refractivity contribution in [1.29, 1.82) is 0 Å². The number of rotatable bonds is 4. The second-order valence-corrected chi connectivity index (χ2v) is 5.12. The number of ether oxygens (including phenoxy) is 2. The highest BCUT2D eigenvalue weighted by atomic mass is 19.1. The van der Waals surface area contributed by atoms with Gasteiger partial charge in [-0.05, 0) is 43.2 Å². The predicted octanol–water partition coefficient (Wildman–Crippen LogP) is 4.87. The third-order valence-corrected chi connectivity index (χ3v) is 3.50. The third kappa shape index (κ3) is 4.41. The summed E-state index contributed by atoms with van der Waals surface area (Å²) < 4.78 is 38.8. The Hall–Kier alpha value is -2.69. The lowest BCUT2D eigenvalue weighted by Crippen LogP contribution is -2.03. The lowest BCUT2D eigenvalue weighted by molar-refractivity contribution is -0.128. The Labute approximate surface area is 139 Å². The molecule has 24 heavy (non-hydrogen) atoms. The maximum atomic E-state index is 14.4. The lowest BCUT2D eigenvalue weighted by atomic mass is 10.0. The first kappa shape index (κ1) is 17.7. The molecule has 2 rings (SSSR count). The van der Waals surface area contributed by atoms with Crippen LogP contribution in [0.15, 0.2) is 60.7 Å². The lowest BCUT2D eigenvalue weighted by Gasteiger charge is -2.09. The number of hydrogen-bond donors (Lipinski definition) is 0. The number of hydrogen-bond acceptors (Lipinski definition) is 3. The van der Waals surface area contributed by atoms with E-state index in [4.69, 9.17) is 9.47 Å². The van der Waals surface area contributed by atoms with Crippen molar-refractivity contribution >= 4 is 11.5 Å². The Kier molecular flexibility index (Phi) is 6.07. The predicted molar refractivity (Wildman–Crippen MR) is 88.3 cm³/mol. The number of benzene rings is 1. The van der Waals surface area contributed by atoms with Crippen LogP contribution in [0.5, 0.6) is 5.75 Å². The van der Waals surface area contributed by atoms with E-state index in [1.807, 2.05) is 6.08 Å². The van der Waals surface area contributed by atoms with Crippen LogP contribution >= 0.6 is 0 Å². The van der Waals surface area contributed by atoms with Gasteiger partial charge in [-0.1, -0.05) is 6.58 Å². The quantitative estimate of drug-likeness (QED) is 0.448. The number of carbonyl (C=O) groups is 1. The highest BCUT2D eigenvalue weighted by Crippen LogP contribution is 2.30. The summed E-state index contributed by atoms with van der Waals surface area (Å²) in [4.78, 5) is 11.2. The molecule has 0 fully saturated rings. The average Bonchev–Trinajstić information content (AvgIpc) is 2.66. The molecule has 0 heterocycles. The van der Waals surface area contributed by atoms with Gasteiger partial charge in [0.15, 0.2) is 0 Å². The molecule has 0 spiro atoms. The largest absolute Gasteiger partial charge is 0.497 e. The number of esters is 1. The van der Waals surface area contributed by atoms with Crippen LogP contribution in [-0.4, -0.2) is 13.1 Å². The minimum absolute atomic E-state index is 0.0340. The van der Waals surface area contributed by atoms with Crippen LogP contribution in [0.4, 0.5) is 8.78 Å². The van der Waals surface area contributed by atoms with E-state index in [2.05, 4.69) is 6.58 Å². The molecule has 0 aliphatic heterocycles. The zero-order valence-electron chi connectivity index (χ0n) is 13.4.